The van der Waals surface area contributed by atoms with Gasteiger partial charge in [0.05, 0.1) is 17.4 Å². The van der Waals surface area contributed by atoms with Crippen molar-refractivity contribution < 1.29 is 15.0 Å². The van der Waals surface area contributed by atoms with Crippen molar-refractivity contribution in [2.45, 2.75) is 31.7 Å². The monoisotopic (exact) mass is 265 g/mol. The van der Waals surface area contributed by atoms with Crippen LogP contribution in [-0.2, 0) is 0 Å². The summed E-state index contributed by atoms with van der Waals surface area (Å²) in [7, 11) is 0. The maximum atomic E-state index is 11.1. The van der Waals surface area contributed by atoms with Crippen LogP contribution < -0.4 is 10.6 Å². The van der Waals surface area contributed by atoms with Crippen molar-refractivity contribution in [3.63, 3.8) is 0 Å². The van der Waals surface area contributed by atoms with Crippen LogP contribution in [0, 0.1) is 0 Å². The minimum Gasteiger partial charge on any atom is -0.478 e. The van der Waals surface area contributed by atoms with Gasteiger partial charge in [-0.25, -0.2) is 9.78 Å². The standard InChI is InChI=1S/C13H19N3O3/c14-11-8-15-12(7-10(11)13(18)19)16-5-1-3-9(16)4-2-6-17/h7-9,17H,1-6,14H2,(H,18,19). The SMILES string of the molecule is Nc1cnc(N2CCCC2CCCO)cc1C(=O)O. The summed E-state index contributed by atoms with van der Waals surface area (Å²) in [5.74, 6) is -0.376. The van der Waals surface area contributed by atoms with Crippen molar-refractivity contribution >= 4 is 17.5 Å². The maximum Gasteiger partial charge on any atom is 0.337 e. The van der Waals surface area contributed by atoms with Crippen LogP contribution in [0.15, 0.2) is 12.3 Å². The first-order valence-corrected chi connectivity index (χ1v) is 6.49. The second-order valence-corrected chi connectivity index (χ2v) is 4.79. The highest BCUT2D eigenvalue weighted by atomic mass is 16.4. The Kier molecular flexibility index (Phi) is 4.21. The molecule has 19 heavy (non-hydrogen) atoms. The van der Waals surface area contributed by atoms with E-state index < -0.39 is 5.97 Å². The molecule has 1 saturated heterocycles. The fourth-order valence-corrected chi connectivity index (χ4v) is 2.56. The number of aliphatic hydroxyl groups excluding tert-OH is 1. The topological polar surface area (TPSA) is 99.7 Å². The van der Waals surface area contributed by atoms with Crippen molar-refractivity contribution in [2.75, 3.05) is 23.8 Å². The maximum absolute atomic E-state index is 11.1. The summed E-state index contributed by atoms with van der Waals surface area (Å²) in [6.45, 7) is 1.05. The normalized spacial score (nSPS) is 18.8. The molecule has 2 heterocycles. The Labute approximate surface area is 111 Å². The third-order valence-electron chi connectivity index (χ3n) is 3.52. The molecule has 1 aliphatic heterocycles. The Balaban J connectivity index is 2.20. The molecule has 1 unspecified atom stereocenters. The number of hydrogen-bond donors (Lipinski definition) is 3. The number of aromatic nitrogens is 1. The molecule has 1 aromatic heterocycles. The largest absolute Gasteiger partial charge is 0.478 e. The molecule has 0 saturated carbocycles. The van der Waals surface area contributed by atoms with E-state index in [-0.39, 0.29) is 17.9 Å². The van der Waals surface area contributed by atoms with E-state index in [1.807, 2.05) is 0 Å². The van der Waals surface area contributed by atoms with E-state index >= 15 is 0 Å². The second-order valence-electron chi connectivity index (χ2n) is 4.79. The number of nitrogens with two attached hydrogens (primary N) is 1. The number of hydrogen-bond acceptors (Lipinski definition) is 5. The van der Waals surface area contributed by atoms with E-state index in [1.165, 1.54) is 12.3 Å². The number of carbonyl (C=O) groups is 1. The van der Waals surface area contributed by atoms with Gasteiger partial charge in [-0.3, -0.25) is 0 Å². The lowest BCUT2D eigenvalue weighted by Gasteiger charge is -2.26. The van der Waals surface area contributed by atoms with Gasteiger partial charge in [0.25, 0.3) is 0 Å². The lowest BCUT2D eigenvalue weighted by molar-refractivity contribution is 0.0698. The van der Waals surface area contributed by atoms with Gasteiger partial charge in [0.1, 0.15) is 5.82 Å². The molecule has 6 heteroatoms. The van der Waals surface area contributed by atoms with Gasteiger partial charge in [0.15, 0.2) is 0 Å². The summed E-state index contributed by atoms with van der Waals surface area (Å²) in [6.07, 6.45) is 5.16. The van der Waals surface area contributed by atoms with Gasteiger partial charge in [-0.1, -0.05) is 0 Å². The van der Waals surface area contributed by atoms with E-state index in [9.17, 15) is 4.79 Å². The average molecular weight is 265 g/mol. The van der Waals surface area contributed by atoms with Crippen molar-refractivity contribution in [3.05, 3.63) is 17.8 Å². The van der Waals surface area contributed by atoms with Gasteiger partial charge >= 0.3 is 5.97 Å². The van der Waals surface area contributed by atoms with E-state index in [2.05, 4.69) is 9.88 Å². The van der Waals surface area contributed by atoms with Crippen LogP contribution in [0.5, 0.6) is 0 Å². The van der Waals surface area contributed by atoms with Crippen LogP contribution in [-0.4, -0.2) is 40.4 Å². The summed E-state index contributed by atoms with van der Waals surface area (Å²) in [5, 5.41) is 18.0. The molecule has 0 spiro atoms. The highest BCUT2D eigenvalue weighted by Crippen LogP contribution is 2.28. The Bertz CT molecular complexity index is 464. The molecule has 6 nitrogen and oxygen atoms in total. The molecule has 1 atom stereocenters. The summed E-state index contributed by atoms with van der Waals surface area (Å²) < 4.78 is 0. The minimum atomic E-state index is -1.03. The highest BCUT2D eigenvalue weighted by Gasteiger charge is 2.26. The lowest BCUT2D eigenvalue weighted by atomic mass is 10.1. The Hall–Kier alpha value is -1.82. The summed E-state index contributed by atoms with van der Waals surface area (Å²) >= 11 is 0. The predicted octanol–water partition coefficient (Wildman–Crippen LogP) is 1.10. The number of anilines is 2. The molecule has 1 aliphatic rings. The van der Waals surface area contributed by atoms with Gasteiger partial charge in [-0.2, -0.15) is 0 Å². The molecular weight excluding hydrogens is 246 g/mol. The van der Waals surface area contributed by atoms with Crippen LogP contribution in [0.25, 0.3) is 0 Å². The van der Waals surface area contributed by atoms with Crippen molar-refractivity contribution in [3.8, 4) is 0 Å². The third-order valence-corrected chi connectivity index (χ3v) is 3.52. The average Bonchev–Trinajstić information content (AvgIpc) is 2.85. The Morgan fingerprint density at radius 2 is 2.37 bits per heavy atom. The number of pyridine rings is 1. The molecule has 0 aliphatic carbocycles. The van der Waals surface area contributed by atoms with Crippen molar-refractivity contribution in [2.24, 2.45) is 0 Å². The number of carboxylic acids is 1. The third kappa shape index (κ3) is 2.96. The second kappa shape index (κ2) is 5.88. The molecule has 0 aromatic carbocycles. The molecule has 0 bridgehead atoms. The van der Waals surface area contributed by atoms with Crippen LogP contribution in [0.2, 0.25) is 0 Å². The quantitative estimate of drug-likeness (QED) is 0.737. The van der Waals surface area contributed by atoms with Crippen molar-refractivity contribution in [1.82, 2.24) is 4.98 Å². The van der Waals surface area contributed by atoms with Gasteiger partial charge in [0.2, 0.25) is 0 Å². The lowest BCUT2D eigenvalue weighted by Crippen LogP contribution is -2.30. The molecule has 104 valence electrons. The van der Waals surface area contributed by atoms with Gasteiger partial charge in [0, 0.05) is 19.2 Å². The first-order chi connectivity index (χ1) is 9.13. The summed E-state index contributed by atoms with van der Waals surface area (Å²) in [5.41, 5.74) is 5.89. The molecule has 0 radical (unpaired) electrons. The number of aromatic carboxylic acids is 1. The number of carboxylic acid groups (broad SMARTS) is 1. The predicted molar refractivity (Wildman–Crippen MR) is 72.3 cm³/mol. The zero-order valence-electron chi connectivity index (χ0n) is 10.7. The smallest absolute Gasteiger partial charge is 0.337 e. The summed E-state index contributed by atoms with van der Waals surface area (Å²) in [6, 6.07) is 1.86. The number of aliphatic hydroxyl groups is 1. The number of nitrogens with zero attached hydrogens (tertiary/aromatic N) is 2. The molecule has 0 amide bonds. The van der Waals surface area contributed by atoms with E-state index in [0.29, 0.717) is 11.9 Å². The fourth-order valence-electron chi connectivity index (χ4n) is 2.56. The highest BCUT2D eigenvalue weighted by molar-refractivity contribution is 5.94. The molecule has 1 fully saturated rings. The van der Waals surface area contributed by atoms with Crippen LogP contribution in [0.3, 0.4) is 0 Å². The van der Waals surface area contributed by atoms with Crippen LogP contribution in [0.1, 0.15) is 36.0 Å². The van der Waals surface area contributed by atoms with Crippen LogP contribution >= 0.6 is 0 Å². The molecule has 4 N–H and O–H groups in total. The molecule has 1 aromatic rings. The van der Waals surface area contributed by atoms with Crippen molar-refractivity contribution in [1.29, 1.82) is 0 Å². The number of nitrogen functional groups attached to an aromatic ring is 1. The van der Waals surface area contributed by atoms with Gasteiger partial charge in [-0.15, -0.1) is 0 Å². The Morgan fingerprint density at radius 1 is 1.58 bits per heavy atom. The molecule has 2 rings (SSSR count). The van der Waals surface area contributed by atoms with Crippen LogP contribution in [0.4, 0.5) is 11.5 Å². The van der Waals surface area contributed by atoms with E-state index in [0.717, 1.165) is 32.2 Å². The van der Waals surface area contributed by atoms with Gasteiger partial charge in [-0.05, 0) is 31.7 Å². The summed E-state index contributed by atoms with van der Waals surface area (Å²) in [4.78, 5) is 17.4. The van der Waals surface area contributed by atoms with E-state index in [4.69, 9.17) is 15.9 Å². The minimum absolute atomic E-state index is 0.0952. The zero-order valence-corrected chi connectivity index (χ0v) is 10.7. The zero-order chi connectivity index (χ0) is 13.8. The van der Waals surface area contributed by atoms with E-state index in [1.54, 1.807) is 0 Å². The first kappa shape index (κ1) is 13.6. The first-order valence-electron chi connectivity index (χ1n) is 6.49. The molecular formula is C13H19N3O3. The fraction of sp³-hybridized carbons (Fsp3) is 0.538. The number of rotatable bonds is 5. The Morgan fingerprint density at radius 3 is 3.05 bits per heavy atom. The van der Waals surface area contributed by atoms with Gasteiger partial charge < -0.3 is 20.8 Å².